The Labute approximate surface area is 185 Å². The topological polar surface area (TPSA) is 61.8 Å². The van der Waals surface area contributed by atoms with Crippen LogP contribution in [0.25, 0.3) is 12.2 Å². The molecule has 0 fully saturated rings. The van der Waals surface area contributed by atoms with Crippen molar-refractivity contribution in [2.45, 2.75) is 0 Å². The first-order chi connectivity index (χ1) is 15.6. The molecule has 32 heavy (non-hydrogen) atoms. The number of carbonyl (C=O) groups is 2. The number of methoxy groups -OCH3 is 1. The van der Waals surface area contributed by atoms with Crippen molar-refractivity contribution in [3.8, 4) is 17.2 Å². The molecule has 5 nitrogen and oxygen atoms in total. The van der Waals surface area contributed by atoms with Gasteiger partial charge in [0, 0.05) is 17.7 Å². The van der Waals surface area contributed by atoms with Crippen LogP contribution >= 0.6 is 0 Å². The normalized spacial score (nSPS) is 14.0. The molecule has 3 aromatic carbocycles. The summed E-state index contributed by atoms with van der Waals surface area (Å²) in [6.45, 7) is 0. The quantitative estimate of drug-likeness (QED) is 0.298. The van der Waals surface area contributed by atoms with Gasteiger partial charge in [0.2, 0.25) is 5.78 Å². The lowest BCUT2D eigenvalue weighted by molar-refractivity contribution is -0.128. The number of ether oxygens (including phenoxy) is 3. The summed E-state index contributed by atoms with van der Waals surface area (Å²) < 4.78 is 16.3. The number of esters is 1. The zero-order valence-corrected chi connectivity index (χ0v) is 17.4. The molecule has 1 heterocycles. The van der Waals surface area contributed by atoms with Gasteiger partial charge in [0.15, 0.2) is 5.76 Å². The Balaban J connectivity index is 1.44. The van der Waals surface area contributed by atoms with Gasteiger partial charge in [-0.2, -0.15) is 0 Å². The van der Waals surface area contributed by atoms with Crippen LogP contribution in [0.4, 0.5) is 0 Å². The predicted molar refractivity (Wildman–Crippen MR) is 123 cm³/mol. The summed E-state index contributed by atoms with van der Waals surface area (Å²) in [6.07, 6.45) is 8.18. The number of hydrogen-bond acceptors (Lipinski definition) is 5. The third-order valence-electron chi connectivity index (χ3n) is 4.73. The second-order valence-electron chi connectivity index (χ2n) is 6.89. The van der Waals surface area contributed by atoms with Crippen molar-refractivity contribution in [2.24, 2.45) is 0 Å². The van der Waals surface area contributed by atoms with Crippen LogP contribution in [0.15, 0.2) is 96.8 Å². The number of benzene rings is 3. The zero-order valence-electron chi connectivity index (χ0n) is 17.4. The fourth-order valence-corrected chi connectivity index (χ4v) is 3.17. The van der Waals surface area contributed by atoms with Crippen LogP contribution in [0.5, 0.6) is 17.2 Å². The number of fused-ring (bicyclic) bond motifs is 1. The Bertz CT molecular complexity index is 1240. The average Bonchev–Trinajstić information content (AvgIpc) is 3.13. The largest absolute Gasteiger partial charge is 0.496 e. The molecule has 0 spiro atoms. The summed E-state index contributed by atoms with van der Waals surface area (Å²) >= 11 is 0. The summed E-state index contributed by atoms with van der Waals surface area (Å²) in [5.41, 5.74) is 2.19. The molecule has 0 bridgehead atoms. The zero-order chi connectivity index (χ0) is 22.3. The summed E-state index contributed by atoms with van der Waals surface area (Å²) in [5.74, 6) is 0.824. The maximum absolute atomic E-state index is 12.6. The first-order valence-electron chi connectivity index (χ1n) is 9.97. The lowest BCUT2D eigenvalue weighted by Crippen LogP contribution is -2.03. The molecule has 0 amide bonds. The maximum Gasteiger partial charge on any atom is 0.336 e. The van der Waals surface area contributed by atoms with Crippen molar-refractivity contribution in [1.29, 1.82) is 0 Å². The fourth-order valence-electron chi connectivity index (χ4n) is 3.17. The molecule has 0 aromatic heterocycles. The molecule has 158 valence electrons. The number of para-hydroxylation sites is 1. The molecular formula is C27H20O5. The van der Waals surface area contributed by atoms with E-state index >= 15 is 0 Å². The Morgan fingerprint density at radius 3 is 2.53 bits per heavy atom. The first kappa shape index (κ1) is 20.9. The van der Waals surface area contributed by atoms with Gasteiger partial charge >= 0.3 is 5.97 Å². The van der Waals surface area contributed by atoms with Crippen molar-refractivity contribution in [2.75, 3.05) is 7.11 Å². The summed E-state index contributed by atoms with van der Waals surface area (Å²) in [7, 11) is 1.60. The molecule has 1 aliphatic rings. The Hall–Kier alpha value is -4.38. The van der Waals surface area contributed by atoms with E-state index in [9.17, 15) is 9.59 Å². The average molecular weight is 424 g/mol. The van der Waals surface area contributed by atoms with Crippen molar-refractivity contribution in [1.82, 2.24) is 0 Å². The summed E-state index contributed by atoms with van der Waals surface area (Å²) in [4.78, 5) is 24.7. The third-order valence-corrected chi connectivity index (χ3v) is 4.73. The number of ketones is 1. The standard InChI is InChI=1S/C27H20O5/c1-30-23-12-6-5-10-20(23)11-7-13-24-27(29)22-16-15-21(18-25(22)32-24)31-26(28)17-14-19-8-3-2-4-9-19/h2-18H,1H3. The smallest absolute Gasteiger partial charge is 0.336 e. The van der Waals surface area contributed by atoms with Crippen molar-refractivity contribution >= 4 is 23.9 Å². The minimum atomic E-state index is -0.520. The molecule has 0 saturated carbocycles. The highest BCUT2D eigenvalue weighted by Crippen LogP contribution is 2.34. The molecule has 0 saturated heterocycles. The van der Waals surface area contributed by atoms with E-state index in [0.717, 1.165) is 16.9 Å². The van der Waals surface area contributed by atoms with Crippen molar-refractivity contribution < 1.29 is 23.8 Å². The van der Waals surface area contributed by atoms with Gasteiger partial charge in [-0.3, -0.25) is 4.79 Å². The molecule has 0 radical (unpaired) electrons. The van der Waals surface area contributed by atoms with E-state index in [4.69, 9.17) is 14.2 Å². The van der Waals surface area contributed by atoms with Gasteiger partial charge in [-0.1, -0.05) is 60.7 Å². The lowest BCUT2D eigenvalue weighted by Gasteiger charge is -2.03. The fraction of sp³-hybridized carbons (Fsp3) is 0.0370. The van der Waals surface area contributed by atoms with Crippen LogP contribution in [0.3, 0.4) is 0 Å². The number of hydrogen-bond donors (Lipinski definition) is 0. The Morgan fingerprint density at radius 2 is 1.72 bits per heavy atom. The van der Waals surface area contributed by atoms with E-state index in [1.807, 2.05) is 60.7 Å². The second-order valence-corrected chi connectivity index (χ2v) is 6.89. The van der Waals surface area contributed by atoms with E-state index in [2.05, 4.69) is 0 Å². The maximum atomic E-state index is 12.6. The molecule has 0 aliphatic carbocycles. The van der Waals surface area contributed by atoms with E-state index in [-0.39, 0.29) is 11.5 Å². The Morgan fingerprint density at radius 1 is 0.938 bits per heavy atom. The predicted octanol–water partition coefficient (Wildman–Crippen LogP) is 5.49. The van der Waals surface area contributed by atoms with Gasteiger partial charge in [-0.15, -0.1) is 0 Å². The van der Waals surface area contributed by atoms with Crippen molar-refractivity contribution in [3.05, 3.63) is 113 Å². The van der Waals surface area contributed by atoms with Crippen LogP contribution in [-0.4, -0.2) is 18.9 Å². The van der Waals surface area contributed by atoms with Gasteiger partial charge in [-0.25, -0.2) is 4.79 Å². The molecule has 1 aliphatic heterocycles. The van der Waals surface area contributed by atoms with Gasteiger partial charge in [0.05, 0.1) is 12.7 Å². The highest BCUT2D eigenvalue weighted by atomic mass is 16.5. The molecule has 3 aromatic rings. The van der Waals surface area contributed by atoms with E-state index < -0.39 is 5.97 Å². The number of rotatable bonds is 6. The van der Waals surface area contributed by atoms with Crippen LogP contribution < -0.4 is 14.2 Å². The minimum absolute atomic E-state index is 0.193. The van der Waals surface area contributed by atoms with E-state index in [1.54, 1.807) is 37.5 Å². The van der Waals surface area contributed by atoms with Crippen LogP contribution in [0, 0.1) is 0 Å². The van der Waals surface area contributed by atoms with Crippen molar-refractivity contribution in [3.63, 3.8) is 0 Å². The van der Waals surface area contributed by atoms with E-state index in [1.165, 1.54) is 12.1 Å². The number of carbonyl (C=O) groups excluding carboxylic acids is 2. The Kier molecular flexibility index (Phi) is 6.28. The molecule has 4 rings (SSSR count). The monoisotopic (exact) mass is 424 g/mol. The van der Waals surface area contributed by atoms with Crippen LogP contribution in [0.2, 0.25) is 0 Å². The van der Waals surface area contributed by atoms with Gasteiger partial charge in [-0.05, 0) is 35.9 Å². The van der Waals surface area contributed by atoms with Crippen LogP contribution in [0.1, 0.15) is 21.5 Å². The summed E-state index contributed by atoms with van der Waals surface area (Å²) in [6, 6.07) is 21.7. The SMILES string of the molecule is COc1ccccc1C=CC=C1Oc2cc(OC(=O)C=Cc3ccccc3)ccc2C1=O. The van der Waals surface area contributed by atoms with Gasteiger partial charge in [0.25, 0.3) is 0 Å². The summed E-state index contributed by atoms with van der Waals surface area (Å²) in [5, 5.41) is 0. The third kappa shape index (κ3) is 4.84. The highest BCUT2D eigenvalue weighted by Gasteiger charge is 2.27. The van der Waals surface area contributed by atoms with Crippen LogP contribution in [-0.2, 0) is 4.79 Å². The lowest BCUT2D eigenvalue weighted by atomic mass is 10.1. The van der Waals surface area contributed by atoms with Gasteiger partial charge < -0.3 is 14.2 Å². The number of Topliss-reactive ketones (excluding diaryl/α,β-unsaturated/α-hetero) is 1. The first-order valence-corrected chi connectivity index (χ1v) is 9.97. The minimum Gasteiger partial charge on any atom is -0.496 e. The highest BCUT2D eigenvalue weighted by molar-refractivity contribution is 6.12. The molecule has 5 heteroatoms. The van der Waals surface area contributed by atoms with E-state index in [0.29, 0.717) is 17.1 Å². The molecular weight excluding hydrogens is 404 g/mol. The number of allylic oxidation sites excluding steroid dienone is 3. The molecule has 0 N–H and O–H groups in total. The molecule has 0 atom stereocenters. The van der Waals surface area contributed by atoms with Gasteiger partial charge in [0.1, 0.15) is 17.2 Å². The molecule has 0 unspecified atom stereocenters. The second kappa shape index (κ2) is 9.62.